The molecule has 0 spiro atoms. The van der Waals surface area contributed by atoms with Crippen LogP contribution in [-0.4, -0.2) is 28.1 Å². The van der Waals surface area contributed by atoms with E-state index in [-0.39, 0.29) is 12.5 Å². The first-order valence-corrected chi connectivity index (χ1v) is 4.62. The summed E-state index contributed by atoms with van der Waals surface area (Å²) in [5.74, 6) is -0.914. The first-order chi connectivity index (χ1) is 5.65. The van der Waals surface area contributed by atoms with Crippen molar-refractivity contribution in [3.63, 3.8) is 0 Å². The van der Waals surface area contributed by atoms with Crippen molar-refractivity contribution in [1.29, 1.82) is 0 Å². The van der Waals surface area contributed by atoms with Crippen molar-refractivity contribution < 1.29 is 14.3 Å². The highest BCUT2D eigenvalue weighted by atomic mass is 32.2. The minimum atomic E-state index is -0.808. The summed E-state index contributed by atoms with van der Waals surface area (Å²) in [6.45, 7) is 1.96. The van der Waals surface area contributed by atoms with Gasteiger partial charge in [-0.25, -0.2) is 0 Å². The van der Waals surface area contributed by atoms with E-state index in [0.29, 0.717) is 4.32 Å². The molecule has 1 saturated heterocycles. The number of thioether (sulfide) groups is 1. The predicted octanol–water partition coefficient (Wildman–Crippen LogP) is 0.0660. The van der Waals surface area contributed by atoms with Crippen LogP contribution in [0.2, 0.25) is 0 Å². The smallest absolute Gasteiger partial charge is 0.329 e. The van der Waals surface area contributed by atoms with Crippen molar-refractivity contribution >= 4 is 40.2 Å². The van der Waals surface area contributed by atoms with E-state index in [1.807, 2.05) is 0 Å². The molecule has 1 N–H and O–H groups in total. The van der Waals surface area contributed by atoms with E-state index in [9.17, 15) is 9.59 Å². The molecule has 0 radical (unpaired) electrons. The van der Waals surface area contributed by atoms with Crippen molar-refractivity contribution in [3.05, 3.63) is 0 Å². The second kappa shape index (κ2) is 3.86. The van der Waals surface area contributed by atoms with Crippen molar-refractivity contribution in [3.8, 4) is 0 Å². The first-order valence-electron chi connectivity index (χ1n) is 3.33. The summed E-state index contributed by atoms with van der Waals surface area (Å²) in [7, 11) is 0. The molecule has 0 bridgehead atoms. The van der Waals surface area contributed by atoms with Crippen molar-refractivity contribution in [1.82, 2.24) is 5.32 Å². The fourth-order valence-electron chi connectivity index (χ4n) is 0.729. The summed E-state index contributed by atoms with van der Waals surface area (Å²) >= 11 is 5.72. The maximum atomic E-state index is 11.0. The van der Waals surface area contributed by atoms with Gasteiger partial charge in [-0.2, -0.15) is 0 Å². The zero-order valence-corrected chi connectivity index (χ0v) is 7.96. The second-order valence-corrected chi connectivity index (χ2v) is 3.81. The fraction of sp³-hybridized carbons (Fsp3) is 0.500. The third kappa shape index (κ3) is 1.95. The van der Waals surface area contributed by atoms with E-state index < -0.39 is 11.2 Å². The summed E-state index contributed by atoms with van der Waals surface area (Å²) in [5, 5.41) is 1.55. The summed E-state index contributed by atoms with van der Waals surface area (Å²) in [6, 6.07) is 0. The Morgan fingerprint density at radius 1 is 1.83 bits per heavy atom. The van der Waals surface area contributed by atoms with E-state index in [0.717, 1.165) is 11.8 Å². The van der Waals surface area contributed by atoms with E-state index in [1.165, 1.54) is 0 Å². The third-order valence-corrected chi connectivity index (χ3v) is 2.54. The number of hydrogen-bond donors (Lipinski definition) is 1. The van der Waals surface area contributed by atoms with Crippen molar-refractivity contribution in [2.24, 2.45) is 0 Å². The summed E-state index contributed by atoms with van der Waals surface area (Å²) in [4.78, 5) is 22.0. The average molecular weight is 205 g/mol. The van der Waals surface area contributed by atoms with Gasteiger partial charge in [0, 0.05) is 0 Å². The minimum absolute atomic E-state index is 0.274. The van der Waals surface area contributed by atoms with E-state index in [4.69, 9.17) is 12.2 Å². The van der Waals surface area contributed by atoms with Crippen LogP contribution in [0.3, 0.4) is 0 Å². The molecule has 0 aliphatic carbocycles. The van der Waals surface area contributed by atoms with Gasteiger partial charge in [0.1, 0.15) is 4.32 Å². The second-order valence-electron chi connectivity index (χ2n) is 2.03. The number of hydrogen-bond acceptors (Lipinski definition) is 5. The van der Waals surface area contributed by atoms with Gasteiger partial charge in [0.2, 0.25) is 5.91 Å². The molecule has 1 amide bonds. The summed E-state index contributed by atoms with van der Waals surface area (Å²) in [5.41, 5.74) is 0. The van der Waals surface area contributed by atoms with Crippen LogP contribution >= 0.6 is 24.0 Å². The monoisotopic (exact) mass is 205 g/mol. The zero-order valence-electron chi connectivity index (χ0n) is 6.33. The van der Waals surface area contributed by atoms with Crippen LogP contribution in [0.25, 0.3) is 0 Å². The number of rotatable bonds is 2. The molecule has 0 aromatic heterocycles. The van der Waals surface area contributed by atoms with Gasteiger partial charge in [-0.05, 0) is 6.92 Å². The van der Waals surface area contributed by atoms with Crippen LogP contribution < -0.4 is 5.32 Å². The van der Waals surface area contributed by atoms with Crippen LogP contribution in [0, 0.1) is 0 Å². The molecular weight excluding hydrogens is 198 g/mol. The van der Waals surface area contributed by atoms with Gasteiger partial charge in [0.05, 0.1) is 6.61 Å². The topological polar surface area (TPSA) is 55.4 Å². The lowest BCUT2D eigenvalue weighted by Crippen LogP contribution is -2.31. The highest BCUT2D eigenvalue weighted by molar-refractivity contribution is 8.24. The molecule has 0 saturated carbocycles. The van der Waals surface area contributed by atoms with Crippen molar-refractivity contribution in [2.75, 3.05) is 6.61 Å². The van der Waals surface area contributed by atoms with Crippen molar-refractivity contribution in [2.45, 2.75) is 12.2 Å². The van der Waals surface area contributed by atoms with Crippen LogP contribution in [-0.2, 0) is 14.3 Å². The molecule has 0 aromatic carbocycles. The van der Waals surface area contributed by atoms with E-state index in [2.05, 4.69) is 10.1 Å². The Morgan fingerprint density at radius 2 is 2.50 bits per heavy atom. The molecular formula is C6H7NO3S2. The fourth-order valence-corrected chi connectivity index (χ4v) is 1.82. The molecule has 66 valence electrons. The van der Waals surface area contributed by atoms with Gasteiger partial charge >= 0.3 is 5.97 Å². The highest BCUT2D eigenvalue weighted by Crippen LogP contribution is 2.20. The number of amides is 1. The zero-order chi connectivity index (χ0) is 9.14. The highest BCUT2D eigenvalue weighted by Gasteiger charge is 2.36. The van der Waals surface area contributed by atoms with Crippen LogP contribution in [0.4, 0.5) is 0 Å². The Kier molecular flexibility index (Phi) is 3.05. The SMILES string of the molecule is CCOC(=O)[C@H]1SC(=S)NC1=O. The lowest BCUT2D eigenvalue weighted by Gasteiger charge is -2.03. The minimum Gasteiger partial charge on any atom is -0.465 e. The number of carbonyl (C=O) groups excluding carboxylic acids is 2. The third-order valence-electron chi connectivity index (χ3n) is 1.19. The molecule has 0 unspecified atom stereocenters. The Balaban J connectivity index is 2.58. The summed E-state index contributed by atoms with van der Waals surface area (Å²) < 4.78 is 5.00. The van der Waals surface area contributed by atoms with Gasteiger partial charge in [-0.3, -0.25) is 9.59 Å². The molecule has 12 heavy (non-hydrogen) atoms. The van der Waals surface area contributed by atoms with Crippen LogP contribution in [0.15, 0.2) is 0 Å². The lowest BCUT2D eigenvalue weighted by atomic mass is 10.4. The van der Waals surface area contributed by atoms with Gasteiger partial charge in [-0.15, -0.1) is 0 Å². The number of carbonyl (C=O) groups is 2. The van der Waals surface area contributed by atoms with Gasteiger partial charge in [0.25, 0.3) is 0 Å². The van der Waals surface area contributed by atoms with Gasteiger partial charge in [0.15, 0.2) is 5.25 Å². The van der Waals surface area contributed by atoms with E-state index in [1.54, 1.807) is 6.92 Å². The Hall–Kier alpha value is -0.620. The molecule has 6 heteroatoms. The molecule has 4 nitrogen and oxygen atoms in total. The molecule has 1 aliphatic heterocycles. The number of ether oxygens (including phenoxy) is 1. The van der Waals surface area contributed by atoms with E-state index >= 15 is 0 Å². The maximum Gasteiger partial charge on any atom is 0.329 e. The van der Waals surface area contributed by atoms with Crippen LogP contribution in [0.1, 0.15) is 6.92 Å². The molecule has 1 atom stereocenters. The lowest BCUT2D eigenvalue weighted by molar-refractivity contribution is -0.144. The average Bonchev–Trinajstić information content (AvgIpc) is 2.30. The Bertz CT molecular complexity index is 241. The molecule has 1 fully saturated rings. The predicted molar refractivity (Wildman–Crippen MR) is 48.8 cm³/mol. The largest absolute Gasteiger partial charge is 0.465 e. The number of thiocarbonyl (C=S) groups is 1. The Labute approximate surface area is 79.0 Å². The quantitative estimate of drug-likeness (QED) is 0.392. The molecule has 1 aliphatic rings. The molecule has 1 rings (SSSR count). The Morgan fingerprint density at radius 3 is 2.92 bits per heavy atom. The molecule has 1 heterocycles. The number of esters is 1. The van der Waals surface area contributed by atoms with Gasteiger partial charge < -0.3 is 10.1 Å². The first kappa shape index (κ1) is 9.47. The molecule has 0 aromatic rings. The maximum absolute atomic E-state index is 11.0. The van der Waals surface area contributed by atoms with Crippen LogP contribution in [0.5, 0.6) is 0 Å². The summed E-state index contributed by atoms with van der Waals surface area (Å²) in [6.07, 6.45) is 0. The van der Waals surface area contributed by atoms with Gasteiger partial charge in [-0.1, -0.05) is 24.0 Å². The standard InChI is InChI=1S/C6H7NO3S2/c1-2-10-5(9)3-4(8)7-6(11)12-3/h3H,2H2,1H3,(H,7,8,11)/t3-/m0/s1. The normalized spacial score (nSPS) is 22.2. The number of nitrogens with one attached hydrogen (secondary N) is 1.